The van der Waals surface area contributed by atoms with E-state index in [1.165, 1.54) is 52.6 Å². The van der Waals surface area contributed by atoms with E-state index in [1.54, 1.807) is 12.1 Å². The smallest absolute Gasteiger partial charge is 0.338 e. The van der Waals surface area contributed by atoms with Gasteiger partial charge in [-0.25, -0.2) is 17.9 Å². The second-order valence-corrected chi connectivity index (χ2v) is 8.11. The number of rotatable bonds is 9. The molecule has 1 heterocycles. The van der Waals surface area contributed by atoms with E-state index < -0.39 is 16.0 Å². The highest BCUT2D eigenvalue weighted by molar-refractivity contribution is 7.89. The Morgan fingerprint density at radius 3 is 2.31 bits per heavy atom. The Hall–Kier alpha value is -3.64. The highest BCUT2D eigenvalue weighted by Crippen LogP contribution is 2.40. The molecule has 2 aromatic carbocycles. The Bertz CT molecular complexity index is 1200. The molecule has 0 radical (unpaired) electrons. The first-order valence-electron chi connectivity index (χ1n) is 9.16. The van der Waals surface area contributed by atoms with Crippen LogP contribution in [0.3, 0.4) is 0 Å². The zero-order valence-electron chi connectivity index (χ0n) is 17.7. The van der Waals surface area contributed by atoms with Gasteiger partial charge in [-0.15, -0.1) is 10.2 Å². The van der Waals surface area contributed by atoms with Gasteiger partial charge in [0.05, 0.1) is 31.8 Å². The molecule has 0 amide bonds. The van der Waals surface area contributed by atoms with E-state index in [0.29, 0.717) is 22.8 Å². The molecule has 0 atom stereocenters. The molecule has 11 nitrogen and oxygen atoms in total. The lowest BCUT2D eigenvalue weighted by Crippen LogP contribution is -2.19. The Morgan fingerprint density at radius 1 is 1.03 bits per heavy atom. The average Bonchev–Trinajstić information content (AvgIpc) is 3.30. The van der Waals surface area contributed by atoms with Gasteiger partial charge in [0.2, 0.25) is 21.7 Å². The van der Waals surface area contributed by atoms with Gasteiger partial charge in [-0.3, -0.25) is 0 Å². The van der Waals surface area contributed by atoms with Gasteiger partial charge in [0, 0.05) is 5.56 Å². The van der Waals surface area contributed by atoms with Gasteiger partial charge in [-0.05, 0) is 37.4 Å². The maximum absolute atomic E-state index is 12.3. The molecule has 12 heteroatoms. The van der Waals surface area contributed by atoms with E-state index in [4.69, 9.17) is 23.4 Å². The number of carbonyl (C=O) groups excluding carboxylic acids is 1. The first-order chi connectivity index (χ1) is 15.3. The van der Waals surface area contributed by atoms with Crippen LogP contribution in [0, 0.1) is 0 Å². The number of carbonyl (C=O) groups is 1. The zero-order chi connectivity index (χ0) is 23.3. The fraction of sp³-hybridized carbons (Fsp3) is 0.250. The van der Waals surface area contributed by atoms with Crippen LogP contribution in [-0.2, 0) is 21.4 Å². The predicted octanol–water partition coefficient (Wildman–Crippen LogP) is 2.03. The van der Waals surface area contributed by atoms with Gasteiger partial charge < -0.3 is 23.4 Å². The lowest BCUT2D eigenvalue weighted by atomic mass is 10.2. The number of methoxy groups -OCH3 is 3. The van der Waals surface area contributed by atoms with Crippen molar-refractivity contribution >= 4 is 16.0 Å². The third kappa shape index (κ3) is 4.81. The topological polar surface area (TPSA) is 139 Å². The van der Waals surface area contributed by atoms with E-state index in [-0.39, 0.29) is 28.8 Å². The van der Waals surface area contributed by atoms with Crippen LogP contribution >= 0.6 is 0 Å². The molecule has 1 N–H and O–H groups in total. The van der Waals surface area contributed by atoms with Crippen molar-refractivity contribution in [2.24, 2.45) is 0 Å². The molecule has 0 bridgehead atoms. The summed E-state index contributed by atoms with van der Waals surface area (Å²) in [6, 6.07) is 8.73. The summed E-state index contributed by atoms with van der Waals surface area (Å²) in [4.78, 5) is 12.3. The lowest BCUT2D eigenvalue weighted by molar-refractivity contribution is 0.0438. The van der Waals surface area contributed by atoms with Crippen LogP contribution < -0.4 is 18.9 Å². The van der Waals surface area contributed by atoms with Gasteiger partial charge in [0.1, 0.15) is 0 Å². The molecule has 0 saturated carbocycles. The van der Waals surface area contributed by atoms with E-state index in [2.05, 4.69) is 14.9 Å². The number of sulfonamides is 1. The number of hydrogen-bond donors (Lipinski definition) is 1. The molecule has 0 aliphatic heterocycles. The fourth-order valence-corrected chi connectivity index (χ4v) is 3.53. The maximum atomic E-state index is 12.3. The molecule has 0 unspecified atom stereocenters. The summed E-state index contributed by atoms with van der Waals surface area (Å²) in [5, 5.41) is 7.82. The van der Waals surface area contributed by atoms with Crippen LogP contribution in [0.1, 0.15) is 16.2 Å². The van der Waals surface area contributed by atoms with Crippen LogP contribution in [0.25, 0.3) is 11.5 Å². The first-order valence-corrected chi connectivity index (χ1v) is 10.6. The number of aromatic nitrogens is 2. The Balaban J connectivity index is 1.75. The minimum Gasteiger partial charge on any atom is -0.493 e. The molecule has 0 aliphatic rings. The quantitative estimate of drug-likeness (QED) is 0.469. The number of hydrogen-bond acceptors (Lipinski definition) is 10. The molecule has 0 saturated heterocycles. The van der Waals surface area contributed by atoms with Gasteiger partial charge >= 0.3 is 5.97 Å². The SMILES string of the molecule is CNS(=O)(=O)c1cccc(C(=O)OCc2nnc(-c3cc(OC)c(OC)c(OC)c3)o2)c1. The van der Waals surface area contributed by atoms with Gasteiger partial charge in [-0.2, -0.15) is 0 Å². The summed E-state index contributed by atoms with van der Waals surface area (Å²) in [5.74, 6) is 0.674. The molecule has 3 rings (SSSR count). The highest BCUT2D eigenvalue weighted by Gasteiger charge is 2.19. The predicted molar refractivity (Wildman–Crippen MR) is 111 cm³/mol. The number of ether oxygens (including phenoxy) is 4. The van der Waals surface area contributed by atoms with Crippen molar-refractivity contribution < 1.29 is 36.6 Å². The van der Waals surface area contributed by atoms with Crippen LogP contribution in [0.5, 0.6) is 17.2 Å². The van der Waals surface area contributed by atoms with Gasteiger partial charge in [-0.1, -0.05) is 6.07 Å². The Kier molecular flexibility index (Phi) is 6.95. The second-order valence-electron chi connectivity index (χ2n) is 6.23. The summed E-state index contributed by atoms with van der Waals surface area (Å²) in [6.07, 6.45) is 0. The maximum Gasteiger partial charge on any atom is 0.338 e. The van der Waals surface area contributed by atoms with Crippen molar-refractivity contribution in [3.63, 3.8) is 0 Å². The van der Waals surface area contributed by atoms with Crippen molar-refractivity contribution in [3.8, 4) is 28.7 Å². The standard InChI is InChI=1S/C20H21N3O8S/c1-21-32(25,26)14-7-5-6-12(8-14)20(24)30-11-17-22-23-19(31-17)13-9-15(27-2)18(29-4)16(10-13)28-3/h5-10,21H,11H2,1-4H3. The Labute approximate surface area is 184 Å². The Morgan fingerprint density at radius 2 is 1.72 bits per heavy atom. The van der Waals surface area contributed by atoms with Gasteiger partial charge in [0.25, 0.3) is 5.89 Å². The highest BCUT2D eigenvalue weighted by atomic mass is 32.2. The fourth-order valence-electron chi connectivity index (χ4n) is 2.75. The first kappa shape index (κ1) is 23.0. The third-order valence-corrected chi connectivity index (χ3v) is 5.77. The van der Waals surface area contributed by atoms with Gasteiger partial charge in [0.15, 0.2) is 18.1 Å². The van der Waals surface area contributed by atoms with Crippen LogP contribution in [0.15, 0.2) is 45.7 Å². The van der Waals surface area contributed by atoms with Crippen LogP contribution in [-0.4, -0.2) is 53.0 Å². The molecule has 170 valence electrons. The lowest BCUT2D eigenvalue weighted by Gasteiger charge is -2.12. The summed E-state index contributed by atoms with van der Waals surface area (Å²) in [5.41, 5.74) is 0.570. The largest absolute Gasteiger partial charge is 0.493 e. The number of nitrogens with zero attached hydrogens (tertiary/aromatic N) is 2. The van der Waals surface area contributed by atoms with Crippen molar-refractivity contribution in [2.45, 2.75) is 11.5 Å². The van der Waals surface area contributed by atoms with Crippen molar-refractivity contribution in [3.05, 3.63) is 47.9 Å². The minimum atomic E-state index is -3.69. The molecular weight excluding hydrogens is 442 g/mol. The van der Waals surface area contributed by atoms with Crippen molar-refractivity contribution in [1.82, 2.24) is 14.9 Å². The minimum absolute atomic E-state index is 0.0427. The number of esters is 1. The van der Waals surface area contributed by atoms with Crippen LogP contribution in [0.2, 0.25) is 0 Å². The number of nitrogens with one attached hydrogen (secondary N) is 1. The summed E-state index contributed by atoms with van der Waals surface area (Å²) >= 11 is 0. The van der Waals surface area contributed by atoms with Crippen molar-refractivity contribution in [1.29, 1.82) is 0 Å². The average molecular weight is 463 g/mol. The van der Waals surface area contributed by atoms with Crippen LogP contribution in [0.4, 0.5) is 0 Å². The summed E-state index contributed by atoms with van der Waals surface area (Å²) < 4.78 is 52.6. The molecule has 0 aliphatic carbocycles. The molecule has 3 aromatic rings. The molecule has 0 fully saturated rings. The molecular formula is C20H21N3O8S. The summed E-state index contributed by atoms with van der Waals surface area (Å²) in [6.45, 7) is -0.306. The third-order valence-electron chi connectivity index (χ3n) is 4.35. The zero-order valence-corrected chi connectivity index (χ0v) is 18.6. The van der Waals surface area contributed by atoms with E-state index in [9.17, 15) is 13.2 Å². The van der Waals surface area contributed by atoms with E-state index >= 15 is 0 Å². The molecule has 32 heavy (non-hydrogen) atoms. The van der Waals surface area contributed by atoms with E-state index in [1.807, 2.05) is 0 Å². The monoisotopic (exact) mass is 463 g/mol. The number of benzene rings is 2. The normalized spacial score (nSPS) is 11.1. The molecule has 1 aromatic heterocycles. The summed E-state index contributed by atoms with van der Waals surface area (Å²) in [7, 11) is 2.04. The second kappa shape index (κ2) is 9.66. The van der Waals surface area contributed by atoms with E-state index in [0.717, 1.165) is 0 Å². The molecule has 0 spiro atoms. The van der Waals surface area contributed by atoms with Crippen molar-refractivity contribution in [2.75, 3.05) is 28.4 Å².